The highest BCUT2D eigenvalue weighted by molar-refractivity contribution is 5.71. The van der Waals surface area contributed by atoms with Crippen LogP contribution in [0.2, 0.25) is 0 Å². The molecule has 4 nitrogen and oxygen atoms in total. The highest BCUT2D eigenvalue weighted by atomic mass is 15.1. The van der Waals surface area contributed by atoms with Gasteiger partial charge < -0.3 is 9.47 Å². The molecule has 1 aromatic heterocycles. The molecule has 0 saturated heterocycles. The predicted octanol–water partition coefficient (Wildman–Crippen LogP) is 5.98. The normalized spacial score (nSPS) is 10.5. The Morgan fingerprint density at radius 3 is 2.10 bits per heavy atom. The summed E-state index contributed by atoms with van der Waals surface area (Å²) in [5.74, 6) is 0. The first-order valence-corrected chi connectivity index (χ1v) is 10.5. The highest BCUT2D eigenvalue weighted by Crippen LogP contribution is 2.20. The number of hydrogen-bond acceptors (Lipinski definition) is 3. The van der Waals surface area contributed by atoms with E-state index < -0.39 is 0 Å². The minimum atomic E-state index is 0.0925. The maximum atomic E-state index is 9.16. The molecule has 0 fully saturated rings. The van der Waals surface area contributed by atoms with Crippen LogP contribution in [-0.2, 0) is 6.54 Å². The number of allylic oxidation sites excluding steroid dienone is 1. The van der Waals surface area contributed by atoms with Crippen LogP contribution in [0.4, 0.5) is 5.69 Å². The molecule has 3 aromatic rings. The van der Waals surface area contributed by atoms with Crippen LogP contribution in [0.3, 0.4) is 0 Å². The van der Waals surface area contributed by atoms with Crippen molar-refractivity contribution in [2.24, 2.45) is 0 Å². The Kier molecular flexibility index (Phi) is 7.46. The standard InChI is InChI=1S/C27H26N4/c1-3-30(4-2)25-13-10-22(11-14-25)12-15-26-16-17-27(18-24(19-28)20-29)31(26)21-23-8-6-5-7-9-23/h5-18H,3-4,21H2,1-2H3/b15-12+. The quantitative estimate of drug-likeness (QED) is 0.432. The van der Waals surface area contributed by atoms with Crippen molar-refractivity contribution in [1.29, 1.82) is 10.5 Å². The predicted molar refractivity (Wildman–Crippen MR) is 128 cm³/mol. The van der Waals surface area contributed by atoms with Crippen molar-refractivity contribution in [3.8, 4) is 12.1 Å². The van der Waals surface area contributed by atoms with Crippen LogP contribution in [-0.4, -0.2) is 17.7 Å². The number of nitriles is 2. The Morgan fingerprint density at radius 2 is 1.48 bits per heavy atom. The molecule has 0 spiro atoms. The van der Waals surface area contributed by atoms with Crippen LogP contribution in [0, 0.1) is 22.7 Å². The number of benzene rings is 2. The van der Waals surface area contributed by atoms with E-state index in [1.807, 2.05) is 42.5 Å². The second-order valence-electron chi connectivity index (χ2n) is 7.13. The van der Waals surface area contributed by atoms with E-state index in [1.54, 1.807) is 6.08 Å². The molecule has 0 aliphatic carbocycles. The Morgan fingerprint density at radius 1 is 0.839 bits per heavy atom. The summed E-state index contributed by atoms with van der Waals surface area (Å²) in [5.41, 5.74) is 5.44. The van der Waals surface area contributed by atoms with Gasteiger partial charge in [-0.1, -0.05) is 48.5 Å². The van der Waals surface area contributed by atoms with Crippen molar-refractivity contribution >= 4 is 23.9 Å². The Labute approximate surface area is 184 Å². The highest BCUT2D eigenvalue weighted by Gasteiger charge is 2.07. The zero-order valence-electron chi connectivity index (χ0n) is 18.0. The molecule has 154 valence electrons. The van der Waals surface area contributed by atoms with Gasteiger partial charge in [0.2, 0.25) is 0 Å². The molecule has 0 saturated carbocycles. The van der Waals surface area contributed by atoms with Crippen molar-refractivity contribution in [2.75, 3.05) is 18.0 Å². The Balaban J connectivity index is 1.91. The first kappa shape index (κ1) is 21.7. The number of aromatic nitrogens is 1. The first-order chi connectivity index (χ1) is 15.2. The fourth-order valence-electron chi connectivity index (χ4n) is 3.52. The van der Waals surface area contributed by atoms with E-state index in [4.69, 9.17) is 10.5 Å². The van der Waals surface area contributed by atoms with Gasteiger partial charge in [-0.05, 0) is 61.4 Å². The van der Waals surface area contributed by atoms with E-state index in [-0.39, 0.29) is 5.57 Å². The summed E-state index contributed by atoms with van der Waals surface area (Å²) in [6.45, 7) is 6.96. The fourth-order valence-corrected chi connectivity index (χ4v) is 3.52. The van der Waals surface area contributed by atoms with Crippen molar-refractivity contribution in [1.82, 2.24) is 4.57 Å². The lowest BCUT2D eigenvalue weighted by atomic mass is 10.1. The molecule has 1 heterocycles. The van der Waals surface area contributed by atoms with Gasteiger partial charge >= 0.3 is 0 Å². The summed E-state index contributed by atoms with van der Waals surface area (Å²) in [6, 6.07) is 26.6. The molecule has 0 aliphatic rings. The summed E-state index contributed by atoms with van der Waals surface area (Å²) in [4.78, 5) is 2.32. The van der Waals surface area contributed by atoms with Crippen LogP contribution in [0.15, 0.2) is 72.3 Å². The number of rotatable bonds is 8. The second-order valence-corrected chi connectivity index (χ2v) is 7.13. The molecule has 3 rings (SSSR count). The smallest absolute Gasteiger partial charge is 0.131 e. The summed E-state index contributed by atoms with van der Waals surface area (Å²) in [5, 5.41) is 18.3. The minimum Gasteiger partial charge on any atom is -0.372 e. The largest absolute Gasteiger partial charge is 0.372 e. The molecule has 2 aromatic carbocycles. The maximum absolute atomic E-state index is 9.16. The number of anilines is 1. The molecule has 31 heavy (non-hydrogen) atoms. The average molecular weight is 407 g/mol. The molecular weight excluding hydrogens is 380 g/mol. The van der Waals surface area contributed by atoms with E-state index in [1.165, 1.54) is 5.69 Å². The van der Waals surface area contributed by atoms with Crippen LogP contribution in [0.5, 0.6) is 0 Å². The average Bonchev–Trinajstić information content (AvgIpc) is 3.19. The fraction of sp³-hybridized carbons (Fsp3) is 0.185. The first-order valence-electron chi connectivity index (χ1n) is 10.5. The van der Waals surface area contributed by atoms with Gasteiger partial charge in [-0.3, -0.25) is 0 Å². The summed E-state index contributed by atoms with van der Waals surface area (Å²) in [7, 11) is 0. The van der Waals surface area contributed by atoms with Gasteiger partial charge in [0.05, 0.1) is 0 Å². The Bertz CT molecular complexity index is 1120. The lowest BCUT2D eigenvalue weighted by Gasteiger charge is -2.20. The molecule has 0 radical (unpaired) electrons. The van der Waals surface area contributed by atoms with E-state index in [0.717, 1.165) is 35.6 Å². The summed E-state index contributed by atoms with van der Waals surface area (Å²) >= 11 is 0. The third-order valence-electron chi connectivity index (χ3n) is 5.23. The van der Waals surface area contributed by atoms with Gasteiger partial charge in [0.1, 0.15) is 17.7 Å². The molecule has 0 amide bonds. The minimum absolute atomic E-state index is 0.0925. The second kappa shape index (κ2) is 10.7. The van der Waals surface area contributed by atoms with E-state index >= 15 is 0 Å². The van der Waals surface area contributed by atoms with Crippen molar-refractivity contribution in [2.45, 2.75) is 20.4 Å². The lowest BCUT2D eigenvalue weighted by Crippen LogP contribution is -2.21. The van der Waals surface area contributed by atoms with Gasteiger partial charge in [0, 0.05) is 36.7 Å². The Hall–Kier alpha value is -4.02. The van der Waals surface area contributed by atoms with E-state index in [0.29, 0.717) is 6.54 Å². The topological polar surface area (TPSA) is 55.8 Å². The van der Waals surface area contributed by atoms with Gasteiger partial charge in [0.15, 0.2) is 0 Å². The molecule has 0 aliphatic heterocycles. The lowest BCUT2D eigenvalue weighted by molar-refractivity contribution is 0.789. The number of nitrogens with zero attached hydrogens (tertiary/aromatic N) is 4. The molecule has 0 unspecified atom stereocenters. The zero-order valence-corrected chi connectivity index (χ0v) is 18.0. The van der Waals surface area contributed by atoms with Crippen molar-refractivity contribution in [3.63, 3.8) is 0 Å². The molecule has 0 bridgehead atoms. The zero-order chi connectivity index (χ0) is 22.1. The van der Waals surface area contributed by atoms with Crippen LogP contribution in [0.1, 0.15) is 36.4 Å². The van der Waals surface area contributed by atoms with Crippen LogP contribution in [0.25, 0.3) is 18.2 Å². The van der Waals surface area contributed by atoms with Crippen LogP contribution >= 0.6 is 0 Å². The molecule has 4 heteroatoms. The van der Waals surface area contributed by atoms with Crippen molar-refractivity contribution in [3.05, 3.63) is 94.8 Å². The SMILES string of the molecule is CCN(CC)c1ccc(/C=C/c2ccc(C=C(C#N)C#N)n2Cc2ccccc2)cc1. The third kappa shape index (κ3) is 5.53. The van der Waals surface area contributed by atoms with Crippen molar-refractivity contribution < 1.29 is 0 Å². The van der Waals surface area contributed by atoms with Crippen LogP contribution < -0.4 is 4.90 Å². The van der Waals surface area contributed by atoms with E-state index in [9.17, 15) is 0 Å². The molecule has 0 N–H and O–H groups in total. The molecule has 0 atom stereocenters. The van der Waals surface area contributed by atoms with Gasteiger partial charge in [-0.15, -0.1) is 0 Å². The van der Waals surface area contributed by atoms with E-state index in [2.05, 4.69) is 71.9 Å². The summed E-state index contributed by atoms with van der Waals surface area (Å²) < 4.78 is 2.12. The van der Waals surface area contributed by atoms with Gasteiger partial charge in [-0.25, -0.2) is 0 Å². The summed E-state index contributed by atoms with van der Waals surface area (Å²) in [6.07, 6.45) is 5.80. The number of hydrogen-bond donors (Lipinski definition) is 0. The molecular formula is C27H26N4. The van der Waals surface area contributed by atoms with Gasteiger partial charge in [0.25, 0.3) is 0 Å². The van der Waals surface area contributed by atoms with Gasteiger partial charge in [-0.2, -0.15) is 10.5 Å². The maximum Gasteiger partial charge on any atom is 0.131 e. The third-order valence-corrected chi connectivity index (χ3v) is 5.23. The monoisotopic (exact) mass is 406 g/mol.